The van der Waals surface area contributed by atoms with E-state index in [4.69, 9.17) is 5.11 Å². The number of hydrogen-bond acceptors (Lipinski definition) is 3. The van der Waals surface area contributed by atoms with Crippen LogP contribution in [-0.4, -0.2) is 11.1 Å². The summed E-state index contributed by atoms with van der Waals surface area (Å²) in [5.41, 5.74) is 1.11. The molecule has 0 fully saturated rings. The first-order valence-corrected chi connectivity index (χ1v) is 4.66. The third-order valence-electron chi connectivity index (χ3n) is 2.03. The molecular weight excluding hydrogens is 203 g/mol. The first kappa shape index (κ1) is 14.5. The summed E-state index contributed by atoms with van der Waals surface area (Å²) < 4.78 is 0. The van der Waals surface area contributed by atoms with Crippen LogP contribution in [0.25, 0.3) is 0 Å². The van der Waals surface area contributed by atoms with Crippen LogP contribution in [-0.2, 0) is 11.2 Å². The van der Waals surface area contributed by atoms with Gasteiger partial charge in [-0.3, -0.25) is 0 Å². The van der Waals surface area contributed by atoms with Crippen molar-refractivity contribution >= 4 is 5.97 Å². The number of phenols is 1. The van der Waals surface area contributed by atoms with Gasteiger partial charge >= 0.3 is 29.6 Å². The second kappa shape index (κ2) is 7.74. The molecule has 1 aromatic rings. The van der Waals surface area contributed by atoms with E-state index in [1.165, 1.54) is 0 Å². The van der Waals surface area contributed by atoms with Crippen LogP contribution >= 0.6 is 0 Å². The van der Waals surface area contributed by atoms with E-state index in [2.05, 4.69) is 0 Å². The van der Waals surface area contributed by atoms with Crippen molar-refractivity contribution < 1.29 is 44.6 Å². The molecule has 0 bridgehead atoms. The molecule has 0 atom stereocenters. The number of carbonyl (C=O) groups is 1. The summed E-state index contributed by atoms with van der Waals surface area (Å²) in [7, 11) is 0. The van der Waals surface area contributed by atoms with E-state index in [-0.39, 0.29) is 41.7 Å². The number of aryl methyl sites for hydroxylation is 1. The third kappa shape index (κ3) is 6.55. The molecule has 0 radical (unpaired) electrons. The van der Waals surface area contributed by atoms with Gasteiger partial charge in [0.05, 0.1) is 0 Å². The van der Waals surface area contributed by atoms with E-state index in [1.54, 1.807) is 12.1 Å². The summed E-state index contributed by atoms with van der Waals surface area (Å²) in [5.74, 6) is -0.737. The first-order valence-electron chi connectivity index (χ1n) is 4.66. The van der Waals surface area contributed by atoms with Crippen molar-refractivity contribution in [3.8, 4) is 5.75 Å². The Morgan fingerprint density at radius 1 is 1.20 bits per heavy atom. The second-order valence-corrected chi connectivity index (χ2v) is 3.25. The van der Waals surface area contributed by atoms with E-state index in [0.29, 0.717) is 6.42 Å². The van der Waals surface area contributed by atoms with Gasteiger partial charge in [0.25, 0.3) is 0 Å². The zero-order chi connectivity index (χ0) is 10.4. The van der Waals surface area contributed by atoms with Gasteiger partial charge in [-0.05, 0) is 43.4 Å². The van der Waals surface area contributed by atoms with Crippen LogP contribution < -0.4 is 34.7 Å². The molecule has 15 heavy (non-hydrogen) atoms. The van der Waals surface area contributed by atoms with E-state index >= 15 is 0 Å². The van der Waals surface area contributed by atoms with Crippen molar-refractivity contribution in [2.24, 2.45) is 0 Å². The molecule has 0 aliphatic carbocycles. The molecule has 1 N–H and O–H groups in total. The second-order valence-electron chi connectivity index (χ2n) is 3.25. The molecule has 0 aliphatic heterocycles. The zero-order valence-corrected chi connectivity index (χ0v) is 10.9. The fraction of sp³-hybridized carbons (Fsp3) is 0.364. The summed E-state index contributed by atoms with van der Waals surface area (Å²) in [5, 5.41) is 19.1. The number of aromatic hydroxyl groups is 1. The Bertz CT molecular complexity index is 295. The van der Waals surface area contributed by atoms with Crippen LogP contribution in [0.15, 0.2) is 24.3 Å². The minimum absolute atomic E-state index is 0. The smallest absolute Gasteiger partial charge is 0.550 e. The van der Waals surface area contributed by atoms with Crippen molar-refractivity contribution in [1.82, 2.24) is 0 Å². The van der Waals surface area contributed by atoms with Crippen molar-refractivity contribution in [3.05, 3.63) is 29.8 Å². The molecule has 0 saturated heterocycles. The topological polar surface area (TPSA) is 60.4 Å². The normalized spacial score (nSPS) is 9.33. The molecule has 3 nitrogen and oxygen atoms in total. The monoisotopic (exact) mass is 216 g/mol. The average Bonchev–Trinajstić information content (AvgIpc) is 2.15. The third-order valence-corrected chi connectivity index (χ3v) is 2.03. The largest absolute Gasteiger partial charge is 1.00 e. The summed E-state index contributed by atoms with van der Waals surface area (Å²) in [6, 6.07) is 6.95. The quantitative estimate of drug-likeness (QED) is 0.451. The Balaban J connectivity index is 0.00000196. The summed E-state index contributed by atoms with van der Waals surface area (Å²) in [4.78, 5) is 10.1. The molecule has 0 amide bonds. The number of benzene rings is 1. The molecule has 0 aliphatic rings. The number of carboxylic acid groups (broad SMARTS) is 1. The minimum Gasteiger partial charge on any atom is -0.550 e. The molecule has 1 aromatic carbocycles. The van der Waals surface area contributed by atoms with Gasteiger partial charge in [0.15, 0.2) is 0 Å². The summed E-state index contributed by atoms with van der Waals surface area (Å²) in [6.07, 6.45) is 2.44. The Morgan fingerprint density at radius 2 is 1.80 bits per heavy atom. The molecule has 76 valence electrons. The standard InChI is InChI=1S/C11H14O3.Na/c12-10-7-5-9(6-8-10)3-1-2-4-11(13)14;/h5-8,12H,1-4H2,(H,13,14);/q;+1/p-1. The molecule has 4 heteroatoms. The molecule has 0 unspecified atom stereocenters. The average molecular weight is 216 g/mol. The zero-order valence-electron chi connectivity index (χ0n) is 8.90. The van der Waals surface area contributed by atoms with Gasteiger partial charge < -0.3 is 15.0 Å². The SMILES string of the molecule is O=C([O-])CCCCc1ccc(O)cc1.[Na+]. The van der Waals surface area contributed by atoms with Gasteiger partial charge in [-0.1, -0.05) is 12.1 Å². The Kier molecular flexibility index (Phi) is 7.48. The Hall–Kier alpha value is -0.510. The van der Waals surface area contributed by atoms with Crippen LogP contribution in [0.3, 0.4) is 0 Å². The molecule has 0 heterocycles. The number of unbranched alkanes of at least 4 members (excludes halogenated alkanes) is 1. The molecule has 0 saturated carbocycles. The molecular formula is C11H13NaO3. The van der Waals surface area contributed by atoms with Gasteiger partial charge in [-0.2, -0.15) is 0 Å². The first-order chi connectivity index (χ1) is 6.68. The van der Waals surface area contributed by atoms with Gasteiger partial charge in [-0.15, -0.1) is 0 Å². The fourth-order valence-electron chi connectivity index (χ4n) is 1.26. The van der Waals surface area contributed by atoms with Gasteiger partial charge in [-0.25, -0.2) is 0 Å². The van der Waals surface area contributed by atoms with Crippen LogP contribution in [0.4, 0.5) is 0 Å². The molecule has 1 rings (SSSR count). The predicted octanol–water partition coefficient (Wildman–Crippen LogP) is -2.14. The summed E-state index contributed by atoms with van der Waals surface area (Å²) >= 11 is 0. The van der Waals surface area contributed by atoms with Crippen LogP contribution in [0.5, 0.6) is 5.75 Å². The van der Waals surface area contributed by atoms with Crippen molar-refractivity contribution in [2.45, 2.75) is 25.7 Å². The fourth-order valence-corrected chi connectivity index (χ4v) is 1.26. The van der Waals surface area contributed by atoms with E-state index in [9.17, 15) is 9.90 Å². The van der Waals surface area contributed by atoms with Gasteiger partial charge in [0.2, 0.25) is 0 Å². The van der Waals surface area contributed by atoms with Gasteiger partial charge in [0.1, 0.15) is 5.75 Å². The van der Waals surface area contributed by atoms with E-state index in [1.807, 2.05) is 12.1 Å². The Morgan fingerprint density at radius 3 is 2.33 bits per heavy atom. The maximum Gasteiger partial charge on any atom is 1.00 e. The van der Waals surface area contributed by atoms with Crippen molar-refractivity contribution in [3.63, 3.8) is 0 Å². The van der Waals surface area contributed by atoms with Crippen molar-refractivity contribution in [2.75, 3.05) is 0 Å². The van der Waals surface area contributed by atoms with E-state index < -0.39 is 5.97 Å². The predicted molar refractivity (Wildman–Crippen MR) is 50.7 cm³/mol. The molecule has 0 aromatic heterocycles. The molecule has 0 spiro atoms. The van der Waals surface area contributed by atoms with E-state index in [0.717, 1.165) is 18.4 Å². The van der Waals surface area contributed by atoms with Crippen molar-refractivity contribution in [1.29, 1.82) is 0 Å². The number of phenolic OH excluding ortho intramolecular Hbond substituents is 1. The maximum atomic E-state index is 10.1. The summed E-state index contributed by atoms with van der Waals surface area (Å²) in [6.45, 7) is 0. The Labute approximate surface area is 111 Å². The van der Waals surface area contributed by atoms with Crippen LogP contribution in [0, 0.1) is 0 Å². The number of carboxylic acids is 1. The number of aliphatic carboxylic acids is 1. The maximum absolute atomic E-state index is 10.1. The number of hydrogen-bond donors (Lipinski definition) is 1. The minimum atomic E-state index is -0.990. The number of rotatable bonds is 5. The number of carbonyl (C=O) groups excluding carboxylic acids is 1. The van der Waals surface area contributed by atoms with Crippen LogP contribution in [0.1, 0.15) is 24.8 Å². The van der Waals surface area contributed by atoms with Crippen LogP contribution in [0.2, 0.25) is 0 Å². The van der Waals surface area contributed by atoms with Gasteiger partial charge in [0, 0.05) is 5.97 Å².